The molecule has 0 aromatic heterocycles. The van der Waals surface area contributed by atoms with Crippen LogP contribution < -0.4 is 16.6 Å². The molecule has 2 amide bonds. The largest absolute Gasteiger partial charge is 0.323 e. The van der Waals surface area contributed by atoms with Gasteiger partial charge in [0.25, 0.3) is 0 Å². The molecule has 0 aliphatic carbocycles. The molecule has 4 N–H and O–H groups in total. The Kier molecular flexibility index (Phi) is 3.84. The van der Waals surface area contributed by atoms with Crippen molar-refractivity contribution >= 4 is 40.1 Å². The highest BCUT2D eigenvalue weighted by molar-refractivity contribution is 14.1. The summed E-state index contributed by atoms with van der Waals surface area (Å²) in [5, 5.41) is 2.42. The molecule has 5 nitrogen and oxygen atoms in total. The second kappa shape index (κ2) is 4.91. The Hall–Kier alpha value is -1.15. The molecule has 0 atom stereocenters. The molecule has 0 saturated heterocycles. The van der Waals surface area contributed by atoms with E-state index in [4.69, 9.17) is 5.84 Å². The van der Waals surface area contributed by atoms with Crippen molar-refractivity contribution in [2.24, 2.45) is 5.84 Å². The first kappa shape index (κ1) is 10.9. The van der Waals surface area contributed by atoms with E-state index in [0.717, 1.165) is 3.57 Å². The lowest BCUT2D eigenvalue weighted by molar-refractivity contribution is -0.136. The molecule has 0 heterocycles. The Morgan fingerprint density at radius 3 is 2.43 bits per heavy atom. The number of rotatable bonds is 1. The molecular formula is C8H8IN3O2. The molecule has 1 aromatic carbocycles. The molecule has 0 unspecified atom stereocenters. The molecule has 0 bridgehead atoms. The van der Waals surface area contributed by atoms with Crippen LogP contribution in [0.2, 0.25) is 0 Å². The third-order valence-corrected chi connectivity index (χ3v) is 2.40. The van der Waals surface area contributed by atoms with Gasteiger partial charge in [-0.25, -0.2) is 5.84 Å². The lowest BCUT2D eigenvalue weighted by atomic mass is 10.3. The van der Waals surface area contributed by atoms with E-state index in [2.05, 4.69) is 27.9 Å². The predicted octanol–water partition coefficient (Wildman–Crippen LogP) is 0.220. The summed E-state index contributed by atoms with van der Waals surface area (Å²) >= 11 is 2.05. The van der Waals surface area contributed by atoms with Gasteiger partial charge in [-0.3, -0.25) is 15.0 Å². The van der Waals surface area contributed by atoms with Crippen LogP contribution in [0.4, 0.5) is 5.69 Å². The van der Waals surface area contributed by atoms with Gasteiger partial charge in [-0.05, 0) is 34.7 Å². The number of hydrogen-bond donors (Lipinski definition) is 3. The van der Waals surface area contributed by atoms with Gasteiger partial charge in [0, 0.05) is 3.57 Å². The Morgan fingerprint density at radius 2 is 1.86 bits per heavy atom. The van der Waals surface area contributed by atoms with Gasteiger partial charge in [0.1, 0.15) is 0 Å². The lowest BCUT2D eigenvalue weighted by Gasteiger charge is -2.05. The smallest absolute Gasteiger partial charge is 0.317 e. The van der Waals surface area contributed by atoms with E-state index in [1.807, 2.05) is 12.1 Å². The maximum absolute atomic E-state index is 11.1. The van der Waals surface area contributed by atoms with Crippen molar-refractivity contribution in [3.8, 4) is 0 Å². The molecule has 14 heavy (non-hydrogen) atoms. The van der Waals surface area contributed by atoms with Crippen LogP contribution in [-0.2, 0) is 9.59 Å². The first-order valence-electron chi connectivity index (χ1n) is 3.71. The summed E-state index contributed by atoms with van der Waals surface area (Å²) in [6.07, 6.45) is 0. The molecule has 74 valence electrons. The maximum atomic E-state index is 11.1. The average molecular weight is 305 g/mol. The van der Waals surface area contributed by atoms with E-state index in [1.54, 1.807) is 17.6 Å². The second-order valence-electron chi connectivity index (χ2n) is 2.41. The van der Waals surface area contributed by atoms with Gasteiger partial charge in [-0.2, -0.15) is 0 Å². The topological polar surface area (TPSA) is 84.2 Å². The van der Waals surface area contributed by atoms with Crippen molar-refractivity contribution in [3.05, 3.63) is 27.8 Å². The predicted molar refractivity (Wildman–Crippen MR) is 60.1 cm³/mol. The Balaban J connectivity index is 2.75. The van der Waals surface area contributed by atoms with Gasteiger partial charge < -0.3 is 5.32 Å². The van der Waals surface area contributed by atoms with E-state index in [1.165, 1.54) is 0 Å². The number of halogens is 1. The standard InChI is InChI=1S/C8H8IN3O2/c9-5-3-1-2-4-6(5)11-7(13)8(14)12-10/h1-4H,10H2,(H,11,13)(H,12,14). The highest BCUT2D eigenvalue weighted by Crippen LogP contribution is 2.16. The number of hydrogen-bond acceptors (Lipinski definition) is 3. The van der Waals surface area contributed by atoms with Crippen LogP contribution in [0.15, 0.2) is 24.3 Å². The van der Waals surface area contributed by atoms with Crippen LogP contribution in [0.5, 0.6) is 0 Å². The van der Waals surface area contributed by atoms with E-state index >= 15 is 0 Å². The van der Waals surface area contributed by atoms with Crippen LogP contribution in [0.1, 0.15) is 0 Å². The number of hydrazine groups is 1. The Morgan fingerprint density at radius 1 is 1.21 bits per heavy atom. The Labute approximate surface area is 94.2 Å². The Bertz CT molecular complexity index is 367. The summed E-state index contributed by atoms with van der Waals surface area (Å²) in [6.45, 7) is 0. The minimum absolute atomic E-state index is 0.585. The minimum atomic E-state index is -0.871. The molecule has 6 heteroatoms. The molecule has 0 spiro atoms. The zero-order valence-electron chi connectivity index (χ0n) is 7.08. The average Bonchev–Trinajstić information content (AvgIpc) is 2.20. The highest BCUT2D eigenvalue weighted by atomic mass is 127. The zero-order valence-corrected chi connectivity index (χ0v) is 9.24. The lowest BCUT2D eigenvalue weighted by Crippen LogP contribution is -2.39. The first-order valence-corrected chi connectivity index (χ1v) is 4.79. The normalized spacial score (nSPS) is 9.29. The van der Waals surface area contributed by atoms with Crippen molar-refractivity contribution in [1.29, 1.82) is 0 Å². The van der Waals surface area contributed by atoms with Crippen LogP contribution in [-0.4, -0.2) is 11.8 Å². The number of benzene rings is 1. The number of nitrogens with one attached hydrogen (secondary N) is 2. The van der Waals surface area contributed by atoms with Gasteiger partial charge in [0.15, 0.2) is 0 Å². The summed E-state index contributed by atoms with van der Waals surface area (Å²) in [5.41, 5.74) is 2.34. The van der Waals surface area contributed by atoms with Gasteiger partial charge >= 0.3 is 11.8 Å². The number of nitrogens with two attached hydrogens (primary N) is 1. The number of amides is 2. The molecular weight excluding hydrogens is 297 g/mol. The first-order chi connectivity index (χ1) is 6.65. The van der Waals surface area contributed by atoms with E-state index < -0.39 is 11.8 Å². The summed E-state index contributed by atoms with van der Waals surface area (Å²) in [6, 6.07) is 7.11. The van der Waals surface area contributed by atoms with Crippen LogP contribution in [0.3, 0.4) is 0 Å². The van der Waals surface area contributed by atoms with E-state index in [0.29, 0.717) is 5.69 Å². The third-order valence-electron chi connectivity index (χ3n) is 1.46. The number of carbonyl (C=O) groups is 2. The molecule has 0 fully saturated rings. The minimum Gasteiger partial charge on any atom is -0.317 e. The van der Waals surface area contributed by atoms with Crippen molar-refractivity contribution in [2.75, 3.05) is 5.32 Å². The quantitative estimate of drug-likeness (QED) is 0.228. The van der Waals surface area contributed by atoms with Crippen LogP contribution in [0.25, 0.3) is 0 Å². The van der Waals surface area contributed by atoms with Crippen molar-refractivity contribution in [1.82, 2.24) is 5.43 Å². The number of anilines is 1. The zero-order chi connectivity index (χ0) is 10.6. The summed E-state index contributed by atoms with van der Waals surface area (Å²) in [5.74, 6) is 3.15. The fourth-order valence-corrected chi connectivity index (χ4v) is 1.33. The third kappa shape index (κ3) is 2.67. The van der Waals surface area contributed by atoms with E-state index in [9.17, 15) is 9.59 Å². The van der Waals surface area contributed by atoms with Gasteiger partial charge in [0.2, 0.25) is 0 Å². The fraction of sp³-hybridized carbons (Fsp3) is 0. The number of carbonyl (C=O) groups excluding carboxylic acids is 2. The SMILES string of the molecule is NNC(=O)C(=O)Nc1ccccc1I. The van der Waals surface area contributed by atoms with Crippen molar-refractivity contribution < 1.29 is 9.59 Å². The molecule has 0 saturated carbocycles. The van der Waals surface area contributed by atoms with Gasteiger partial charge in [0.05, 0.1) is 5.69 Å². The number of para-hydroxylation sites is 1. The molecule has 1 rings (SSSR count). The van der Waals surface area contributed by atoms with Gasteiger partial charge in [-0.1, -0.05) is 12.1 Å². The van der Waals surface area contributed by atoms with Gasteiger partial charge in [-0.15, -0.1) is 0 Å². The highest BCUT2D eigenvalue weighted by Gasteiger charge is 2.12. The monoisotopic (exact) mass is 305 g/mol. The maximum Gasteiger partial charge on any atom is 0.323 e. The fourth-order valence-electron chi connectivity index (χ4n) is 0.807. The molecule has 0 aliphatic rings. The van der Waals surface area contributed by atoms with Crippen LogP contribution in [0, 0.1) is 3.57 Å². The molecule has 0 aliphatic heterocycles. The summed E-state index contributed by atoms with van der Waals surface area (Å²) in [7, 11) is 0. The van der Waals surface area contributed by atoms with Crippen LogP contribution >= 0.6 is 22.6 Å². The van der Waals surface area contributed by atoms with Crippen molar-refractivity contribution in [3.63, 3.8) is 0 Å². The van der Waals surface area contributed by atoms with Crippen molar-refractivity contribution in [2.45, 2.75) is 0 Å². The van der Waals surface area contributed by atoms with E-state index in [-0.39, 0.29) is 0 Å². The second-order valence-corrected chi connectivity index (χ2v) is 3.57. The summed E-state index contributed by atoms with van der Waals surface area (Å²) in [4.78, 5) is 21.9. The molecule has 1 aromatic rings. The summed E-state index contributed by atoms with van der Waals surface area (Å²) < 4.78 is 0.850. The molecule has 0 radical (unpaired) electrons.